The van der Waals surface area contributed by atoms with E-state index in [0.717, 1.165) is 5.56 Å². The SMILES string of the molecule is CCOCCC(C)(C[C@@H](Cc1ccc(-c2cc(Cl)ccc2F)cc1)NC(=O)OC(C)(C)C)C(=O)OCC. The maximum atomic E-state index is 14.3. The van der Waals surface area contributed by atoms with Crippen molar-refractivity contribution in [1.82, 2.24) is 5.32 Å². The Morgan fingerprint density at radius 1 is 1.03 bits per heavy atom. The maximum Gasteiger partial charge on any atom is 0.407 e. The molecule has 0 aliphatic heterocycles. The highest BCUT2D eigenvalue weighted by atomic mass is 35.5. The van der Waals surface area contributed by atoms with Gasteiger partial charge in [0.15, 0.2) is 0 Å². The zero-order valence-corrected chi connectivity index (χ0v) is 23.4. The van der Waals surface area contributed by atoms with Crippen molar-refractivity contribution >= 4 is 23.7 Å². The fraction of sp³-hybridized carbons (Fsp3) is 0.517. The molecule has 0 fully saturated rings. The van der Waals surface area contributed by atoms with E-state index >= 15 is 0 Å². The van der Waals surface area contributed by atoms with Gasteiger partial charge in [-0.25, -0.2) is 9.18 Å². The molecular formula is C29H39ClFNO5. The smallest absolute Gasteiger partial charge is 0.407 e. The molecule has 2 atom stereocenters. The van der Waals surface area contributed by atoms with E-state index in [9.17, 15) is 14.0 Å². The van der Waals surface area contributed by atoms with Crippen LogP contribution in [0.2, 0.25) is 5.02 Å². The Balaban J connectivity index is 2.30. The topological polar surface area (TPSA) is 73.9 Å². The number of rotatable bonds is 12. The Labute approximate surface area is 224 Å². The standard InChI is InChI=1S/C29H39ClFNO5/c1-7-35-16-15-29(6,26(33)36-8-2)19-23(32-27(34)37-28(3,4)5)17-20-9-11-21(12-10-20)24-18-22(30)13-14-25(24)31/h9-14,18,23H,7-8,15-17,19H2,1-6H3,(H,32,34)/t23-,29?/m1/s1. The number of halogens is 2. The van der Waals surface area contributed by atoms with Crippen LogP contribution in [0.15, 0.2) is 42.5 Å². The number of carbonyl (C=O) groups is 2. The van der Waals surface area contributed by atoms with Gasteiger partial charge in [0.2, 0.25) is 0 Å². The van der Waals surface area contributed by atoms with Crippen molar-refractivity contribution in [2.24, 2.45) is 5.41 Å². The summed E-state index contributed by atoms with van der Waals surface area (Å²) in [5.41, 5.74) is 0.454. The summed E-state index contributed by atoms with van der Waals surface area (Å²) in [6, 6.07) is 11.4. The molecule has 0 saturated heterocycles. The molecule has 37 heavy (non-hydrogen) atoms. The maximum absolute atomic E-state index is 14.3. The number of esters is 1. The van der Waals surface area contributed by atoms with Crippen molar-refractivity contribution in [3.8, 4) is 11.1 Å². The Kier molecular flexibility index (Phi) is 11.4. The van der Waals surface area contributed by atoms with Gasteiger partial charge in [0.05, 0.1) is 12.0 Å². The molecule has 2 aromatic rings. The second-order valence-electron chi connectivity index (χ2n) is 10.3. The first-order chi connectivity index (χ1) is 17.4. The Hall–Kier alpha value is -2.64. The molecular weight excluding hydrogens is 497 g/mol. The van der Waals surface area contributed by atoms with Crippen molar-refractivity contribution in [2.45, 2.75) is 72.4 Å². The van der Waals surface area contributed by atoms with Crippen LogP contribution < -0.4 is 5.32 Å². The van der Waals surface area contributed by atoms with E-state index in [4.69, 9.17) is 25.8 Å². The Morgan fingerprint density at radius 2 is 1.70 bits per heavy atom. The zero-order valence-electron chi connectivity index (χ0n) is 22.7. The number of benzene rings is 2. The van der Waals surface area contributed by atoms with Crippen LogP contribution in [0.1, 0.15) is 59.9 Å². The van der Waals surface area contributed by atoms with Crippen LogP contribution in [0.5, 0.6) is 0 Å². The molecule has 0 aliphatic carbocycles. The monoisotopic (exact) mass is 535 g/mol. The molecule has 0 aromatic heterocycles. The number of hydrogen-bond acceptors (Lipinski definition) is 5. The minimum absolute atomic E-state index is 0.259. The van der Waals surface area contributed by atoms with Gasteiger partial charge in [0.25, 0.3) is 0 Å². The van der Waals surface area contributed by atoms with Crippen molar-refractivity contribution < 1.29 is 28.2 Å². The van der Waals surface area contributed by atoms with E-state index < -0.39 is 23.2 Å². The lowest BCUT2D eigenvalue weighted by molar-refractivity contribution is -0.156. The summed E-state index contributed by atoms with van der Waals surface area (Å²) in [6.45, 7) is 12.1. The average molecular weight is 536 g/mol. The Bertz CT molecular complexity index is 1040. The van der Waals surface area contributed by atoms with Gasteiger partial charge in [-0.05, 0) is 90.1 Å². The largest absolute Gasteiger partial charge is 0.466 e. The van der Waals surface area contributed by atoms with Gasteiger partial charge < -0.3 is 19.5 Å². The van der Waals surface area contributed by atoms with E-state index in [-0.39, 0.29) is 18.4 Å². The molecule has 2 rings (SSSR count). The zero-order chi connectivity index (χ0) is 27.6. The molecule has 1 N–H and O–H groups in total. The van der Waals surface area contributed by atoms with Crippen LogP contribution >= 0.6 is 11.6 Å². The number of nitrogens with one attached hydrogen (secondary N) is 1. The summed E-state index contributed by atoms with van der Waals surface area (Å²) in [7, 11) is 0. The lowest BCUT2D eigenvalue weighted by Gasteiger charge is -2.32. The molecule has 1 amide bonds. The fourth-order valence-electron chi connectivity index (χ4n) is 4.05. The van der Waals surface area contributed by atoms with Crippen LogP contribution in [0, 0.1) is 11.2 Å². The predicted octanol–water partition coefficient (Wildman–Crippen LogP) is 6.97. The second-order valence-corrected chi connectivity index (χ2v) is 10.7. The lowest BCUT2D eigenvalue weighted by Crippen LogP contribution is -2.45. The van der Waals surface area contributed by atoms with Gasteiger partial charge >= 0.3 is 12.1 Å². The minimum atomic E-state index is -0.880. The highest BCUT2D eigenvalue weighted by Crippen LogP contribution is 2.32. The van der Waals surface area contributed by atoms with Gasteiger partial charge in [-0.15, -0.1) is 0 Å². The molecule has 0 saturated carbocycles. The van der Waals surface area contributed by atoms with Crippen LogP contribution in [0.4, 0.5) is 9.18 Å². The second kappa shape index (κ2) is 13.8. The summed E-state index contributed by atoms with van der Waals surface area (Å²) in [5.74, 6) is -0.696. The number of alkyl carbamates (subject to hydrolysis) is 1. The fourth-order valence-corrected chi connectivity index (χ4v) is 4.22. The summed E-state index contributed by atoms with van der Waals surface area (Å²) >= 11 is 6.05. The van der Waals surface area contributed by atoms with Crippen molar-refractivity contribution in [3.63, 3.8) is 0 Å². The average Bonchev–Trinajstić information content (AvgIpc) is 2.80. The van der Waals surface area contributed by atoms with Crippen LogP contribution in [0.25, 0.3) is 11.1 Å². The molecule has 0 spiro atoms. The molecule has 8 heteroatoms. The van der Waals surface area contributed by atoms with Crippen molar-refractivity contribution in [3.05, 3.63) is 58.9 Å². The molecule has 0 aliphatic rings. The molecule has 6 nitrogen and oxygen atoms in total. The van der Waals surface area contributed by atoms with E-state index in [1.54, 1.807) is 33.8 Å². The first kappa shape index (κ1) is 30.6. The first-order valence-corrected chi connectivity index (χ1v) is 13.0. The van der Waals surface area contributed by atoms with E-state index in [1.165, 1.54) is 12.1 Å². The highest BCUT2D eigenvalue weighted by Gasteiger charge is 2.38. The molecule has 0 radical (unpaired) electrons. The minimum Gasteiger partial charge on any atom is -0.466 e. The van der Waals surface area contributed by atoms with Gasteiger partial charge in [0.1, 0.15) is 11.4 Å². The Morgan fingerprint density at radius 3 is 2.30 bits per heavy atom. The van der Waals surface area contributed by atoms with Crippen molar-refractivity contribution in [2.75, 3.05) is 19.8 Å². The third kappa shape index (κ3) is 9.97. The number of hydrogen-bond donors (Lipinski definition) is 1. The van der Waals surface area contributed by atoms with Crippen molar-refractivity contribution in [1.29, 1.82) is 0 Å². The van der Waals surface area contributed by atoms with Gasteiger partial charge in [-0.1, -0.05) is 35.9 Å². The quantitative estimate of drug-likeness (QED) is 0.235. The summed E-state index contributed by atoms with van der Waals surface area (Å²) in [5, 5.41) is 3.39. The van der Waals surface area contributed by atoms with Crippen LogP contribution in [-0.4, -0.2) is 43.5 Å². The van der Waals surface area contributed by atoms with Gasteiger partial charge in [-0.3, -0.25) is 4.79 Å². The normalized spacial score (nSPS) is 13.9. The van der Waals surface area contributed by atoms with Crippen LogP contribution in [0.3, 0.4) is 0 Å². The summed E-state index contributed by atoms with van der Waals surface area (Å²) < 4.78 is 30.7. The molecule has 1 unspecified atom stereocenters. The van der Waals surface area contributed by atoms with Gasteiger partial charge in [-0.2, -0.15) is 0 Å². The van der Waals surface area contributed by atoms with E-state index in [1.807, 2.05) is 38.1 Å². The number of amides is 1. The highest BCUT2D eigenvalue weighted by molar-refractivity contribution is 6.30. The summed E-state index contributed by atoms with van der Waals surface area (Å²) in [6.07, 6.45) is 0.634. The molecule has 2 aromatic carbocycles. The molecule has 204 valence electrons. The summed E-state index contributed by atoms with van der Waals surface area (Å²) in [4.78, 5) is 25.6. The predicted molar refractivity (Wildman–Crippen MR) is 144 cm³/mol. The third-order valence-corrected chi connectivity index (χ3v) is 6.10. The first-order valence-electron chi connectivity index (χ1n) is 12.7. The number of carbonyl (C=O) groups excluding carboxylic acids is 2. The third-order valence-electron chi connectivity index (χ3n) is 5.86. The van der Waals surface area contributed by atoms with E-state index in [2.05, 4.69) is 5.32 Å². The molecule has 0 bridgehead atoms. The van der Waals surface area contributed by atoms with E-state index in [0.29, 0.717) is 48.6 Å². The number of ether oxygens (including phenoxy) is 3. The van der Waals surface area contributed by atoms with Gasteiger partial charge in [0, 0.05) is 29.8 Å². The van der Waals surface area contributed by atoms with Crippen LogP contribution in [-0.2, 0) is 25.4 Å². The molecule has 0 heterocycles. The lowest BCUT2D eigenvalue weighted by atomic mass is 9.79.